The Morgan fingerprint density at radius 1 is 1.23 bits per heavy atom. The zero-order valence-electron chi connectivity index (χ0n) is 20.3. The summed E-state index contributed by atoms with van der Waals surface area (Å²) in [6, 6.07) is 9.88. The average molecular weight is 500 g/mol. The van der Waals surface area contributed by atoms with Crippen LogP contribution in [0, 0.1) is 0 Å². The minimum atomic E-state index is -1.08. The molecule has 10 nitrogen and oxygen atoms in total. The molecule has 4 rings (SSSR count). The molecule has 1 atom stereocenters. The van der Waals surface area contributed by atoms with Gasteiger partial charge in [0.25, 0.3) is 0 Å². The molecular formula is C24H33N7O3S. The minimum Gasteiger partial charge on any atom is -0.494 e. The molecular weight excluding hydrogens is 466 g/mol. The van der Waals surface area contributed by atoms with Gasteiger partial charge in [0.15, 0.2) is 5.17 Å². The molecule has 2 aliphatic heterocycles. The van der Waals surface area contributed by atoms with Crippen LogP contribution in [0.25, 0.3) is 0 Å². The first-order valence-electron chi connectivity index (χ1n) is 11.9. The van der Waals surface area contributed by atoms with Gasteiger partial charge in [0, 0.05) is 44.4 Å². The van der Waals surface area contributed by atoms with Crippen LogP contribution in [-0.4, -0.2) is 64.8 Å². The molecule has 1 unspecified atom stereocenters. The number of rotatable bonds is 9. The molecule has 0 spiro atoms. The van der Waals surface area contributed by atoms with Crippen LogP contribution < -0.4 is 25.6 Å². The lowest BCUT2D eigenvalue weighted by molar-refractivity contribution is -0.131. The van der Waals surface area contributed by atoms with Crippen molar-refractivity contribution in [1.29, 1.82) is 0 Å². The fourth-order valence-electron chi connectivity index (χ4n) is 4.12. The van der Waals surface area contributed by atoms with Gasteiger partial charge in [-0.2, -0.15) is 20.9 Å². The van der Waals surface area contributed by atoms with Crippen molar-refractivity contribution in [2.75, 3.05) is 54.1 Å². The van der Waals surface area contributed by atoms with E-state index >= 15 is 0 Å². The number of nitrogens with one attached hydrogen (secondary N) is 3. The fraction of sp³-hybridized carbons (Fsp3) is 0.417. The minimum absolute atomic E-state index is 0.383. The highest BCUT2D eigenvalue weighted by Gasteiger charge is 2.29. The number of ether oxygens (including phenoxy) is 1. The third kappa shape index (κ3) is 5.85. The molecule has 1 fully saturated rings. The highest BCUT2D eigenvalue weighted by Crippen LogP contribution is 2.44. The number of piperazine rings is 1. The highest BCUT2D eigenvalue weighted by molar-refractivity contribution is 8.34. The zero-order chi connectivity index (χ0) is 24.8. The first-order chi connectivity index (χ1) is 17.0. The molecule has 11 heteroatoms. The first kappa shape index (κ1) is 24.8. The van der Waals surface area contributed by atoms with Crippen molar-refractivity contribution in [1.82, 2.24) is 15.3 Å². The largest absolute Gasteiger partial charge is 0.494 e. The summed E-state index contributed by atoms with van der Waals surface area (Å²) >= 11 is 0. The van der Waals surface area contributed by atoms with Gasteiger partial charge in [0.05, 0.1) is 12.3 Å². The first-order valence-corrected chi connectivity index (χ1v) is 13.4. The number of para-hydroxylation sites is 1. The maximum atomic E-state index is 11.8. The summed E-state index contributed by atoms with van der Waals surface area (Å²) in [5.74, 6) is 2.49. The van der Waals surface area contributed by atoms with Gasteiger partial charge >= 0.3 is 5.97 Å². The highest BCUT2D eigenvalue weighted by atomic mass is 32.2. The van der Waals surface area contributed by atoms with Crippen molar-refractivity contribution in [2.45, 2.75) is 27.3 Å². The lowest BCUT2D eigenvalue weighted by atomic mass is 10.2. The van der Waals surface area contributed by atoms with Crippen molar-refractivity contribution in [2.24, 2.45) is 4.99 Å². The molecule has 2 aliphatic rings. The molecule has 3 heterocycles. The van der Waals surface area contributed by atoms with E-state index in [2.05, 4.69) is 25.8 Å². The molecule has 0 amide bonds. The molecule has 2 aromatic rings. The number of nitrogens with zero attached hydrogens (tertiary/aromatic N) is 4. The summed E-state index contributed by atoms with van der Waals surface area (Å²) < 4.78 is 5.75. The standard InChI is InChI=1S/C24H33N7O3S/c1-4-34-18-9-7-6-8-17(18)15-26-19-14-20(31-12-10-25-11-13-31)29-23(28-19)30-24-27-16(3)21(22(32)33)35(24)5-2/h6-9,14,25,35H,4-5,10-13,15H2,1-3H3,(H,32,33)(H2,26,27,28,29,30). The number of anilines is 3. The van der Waals surface area contributed by atoms with Crippen LogP contribution in [0.4, 0.5) is 17.6 Å². The third-order valence-electron chi connectivity index (χ3n) is 5.77. The van der Waals surface area contributed by atoms with Crippen LogP contribution in [0.1, 0.15) is 26.3 Å². The van der Waals surface area contributed by atoms with Crippen molar-refractivity contribution in [3.05, 3.63) is 46.5 Å². The van der Waals surface area contributed by atoms with Crippen LogP contribution in [-0.2, 0) is 11.3 Å². The summed E-state index contributed by atoms with van der Waals surface area (Å²) in [5.41, 5.74) is 1.57. The lowest BCUT2D eigenvalue weighted by Crippen LogP contribution is -2.44. The summed E-state index contributed by atoms with van der Waals surface area (Å²) in [5, 5.41) is 20.3. The Balaban J connectivity index is 1.59. The molecule has 188 valence electrons. The predicted molar refractivity (Wildman–Crippen MR) is 143 cm³/mol. The second kappa shape index (κ2) is 11.4. The van der Waals surface area contributed by atoms with Gasteiger partial charge in [0.2, 0.25) is 5.95 Å². The number of benzene rings is 1. The Bertz CT molecular complexity index is 1130. The number of aliphatic carboxylic acids is 1. The van der Waals surface area contributed by atoms with Crippen LogP contribution in [0.5, 0.6) is 5.75 Å². The number of aliphatic imine (C=N–C) groups is 1. The number of allylic oxidation sites excluding steroid dienone is 1. The third-order valence-corrected chi connectivity index (χ3v) is 8.18. The van der Waals surface area contributed by atoms with E-state index in [1.165, 1.54) is 0 Å². The number of carboxylic acid groups (broad SMARTS) is 1. The summed E-state index contributed by atoms with van der Waals surface area (Å²) in [7, 11) is -1.08. The van der Waals surface area contributed by atoms with Crippen LogP contribution >= 0.6 is 10.9 Å². The Morgan fingerprint density at radius 2 is 2.00 bits per heavy atom. The number of carbonyl (C=O) groups is 1. The number of aromatic nitrogens is 2. The SMILES string of the molecule is CCOc1ccccc1CNc1cc(N2CCNCC2)nc(NC2=NC(C)=C(C(=O)O)[SH]2CC)n1. The summed E-state index contributed by atoms with van der Waals surface area (Å²) in [4.78, 5) is 28.4. The maximum absolute atomic E-state index is 11.8. The smallest absolute Gasteiger partial charge is 0.342 e. The van der Waals surface area contributed by atoms with E-state index in [4.69, 9.17) is 14.7 Å². The summed E-state index contributed by atoms with van der Waals surface area (Å²) in [6.07, 6.45) is 0. The Morgan fingerprint density at radius 3 is 2.71 bits per heavy atom. The number of hydrogen-bond acceptors (Lipinski definition) is 9. The molecule has 0 radical (unpaired) electrons. The van der Waals surface area contributed by atoms with Crippen molar-refractivity contribution in [3.63, 3.8) is 0 Å². The molecule has 0 bridgehead atoms. The number of amidine groups is 1. The fourth-order valence-corrected chi connectivity index (χ4v) is 6.12. The van der Waals surface area contributed by atoms with Gasteiger partial charge in [-0.15, -0.1) is 0 Å². The van der Waals surface area contributed by atoms with E-state index in [1.807, 2.05) is 44.2 Å². The Labute approximate surface area is 208 Å². The topological polar surface area (TPSA) is 124 Å². The van der Waals surface area contributed by atoms with E-state index in [-0.39, 0.29) is 0 Å². The second-order valence-corrected chi connectivity index (χ2v) is 10.5. The second-order valence-electron chi connectivity index (χ2n) is 8.11. The van der Waals surface area contributed by atoms with Gasteiger partial charge in [-0.05, 0) is 25.7 Å². The zero-order valence-corrected chi connectivity index (χ0v) is 21.2. The Hall–Kier alpha value is -3.31. The van der Waals surface area contributed by atoms with Crippen molar-refractivity contribution >= 4 is 39.6 Å². The monoisotopic (exact) mass is 499 g/mol. The number of thiol groups is 1. The number of carboxylic acids is 1. The van der Waals surface area contributed by atoms with Crippen LogP contribution in [0.2, 0.25) is 0 Å². The Kier molecular flexibility index (Phi) is 8.09. The molecule has 4 N–H and O–H groups in total. The molecule has 0 saturated carbocycles. The van der Waals surface area contributed by atoms with Crippen LogP contribution in [0.15, 0.2) is 45.9 Å². The van der Waals surface area contributed by atoms with Gasteiger partial charge in [-0.3, -0.25) is 0 Å². The molecule has 35 heavy (non-hydrogen) atoms. The van der Waals surface area contributed by atoms with E-state index in [1.54, 1.807) is 6.92 Å². The normalized spacial score (nSPS) is 18.9. The van der Waals surface area contributed by atoms with Gasteiger partial charge in [-0.1, -0.05) is 25.1 Å². The van der Waals surface area contributed by atoms with Crippen molar-refractivity contribution < 1.29 is 14.6 Å². The van der Waals surface area contributed by atoms with E-state index in [0.29, 0.717) is 46.4 Å². The molecule has 1 saturated heterocycles. The summed E-state index contributed by atoms with van der Waals surface area (Å²) in [6.45, 7) is 10.3. The van der Waals surface area contributed by atoms with Crippen molar-refractivity contribution in [3.8, 4) is 5.75 Å². The molecule has 1 aromatic carbocycles. The van der Waals surface area contributed by atoms with E-state index in [0.717, 1.165) is 43.3 Å². The van der Waals surface area contributed by atoms with E-state index < -0.39 is 16.9 Å². The predicted octanol–water partition coefficient (Wildman–Crippen LogP) is 3.02. The molecule has 1 aromatic heterocycles. The molecule has 0 aliphatic carbocycles. The van der Waals surface area contributed by atoms with E-state index in [9.17, 15) is 9.90 Å². The average Bonchev–Trinajstić information content (AvgIpc) is 3.18. The quantitative estimate of drug-likeness (QED) is 0.331. The number of hydrogen-bond donors (Lipinski definition) is 5. The van der Waals surface area contributed by atoms with Gasteiger partial charge < -0.3 is 30.7 Å². The lowest BCUT2D eigenvalue weighted by Gasteiger charge is -2.29. The van der Waals surface area contributed by atoms with Gasteiger partial charge in [-0.25, -0.2) is 9.79 Å². The van der Waals surface area contributed by atoms with Gasteiger partial charge in [0.1, 0.15) is 22.3 Å². The maximum Gasteiger partial charge on any atom is 0.342 e. The van der Waals surface area contributed by atoms with Crippen LogP contribution in [0.3, 0.4) is 0 Å².